The van der Waals surface area contributed by atoms with Gasteiger partial charge in [0.25, 0.3) is 11.9 Å². The van der Waals surface area contributed by atoms with Gasteiger partial charge in [-0.3, -0.25) is 4.79 Å². The number of benzene rings is 1. The van der Waals surface area contributed by atoms with Crippen molar-refractivity contribution in [2.45, 2.75) is 26.7 Å². The molecule has 1 fully saturated rings. The van der Waals surface area contributed by atoms with Crippen molar-refractivity contribution in [1.82, 2.24) is 14.9 Å². The normalized spacial score (nSPS) is 15.2. The van der Waals surface area contributed by atoms with Gasteiger partial charge in [0, 0.05) is 32.1 Å². The first kappa shape index (κ1) is 17.0. The van der Waals surface area contributed by atoms with Gasteiger partial charge in [0.2, 0.25) is 0 Å². The van der Waals surface area contributed by atoms with Crippen LogP contribution in [0.2, 0.25) is 0 Å². The number of rotatable bonds is 3. The minimum atomic E-state index is 0.0871. The van der Waals surface area contributed by atoms with Gasteiger partial charge in [-0.25, -0.2) is 4.98 Å². The number of aryl methyl sites for hydroxylation is 1. The molecule has 2 aromatic heterocycles. The predicted molar refractivity (Wildman–Crippen MR) is 103 cm³/mol. The lowest BCUT2D eigenvalue weighted by Gasteiger charge is -2.33. The third-order valence-electron chi connectivity index (χ3n) is 4.62. The average molecular weight is 370 g/mol. The molecule has 3 heterocycles. The molecule has 4 rings (SSSR count). The molecule has 0 aliphatic carbocycles. The quantitative estimate of drug-likeness (QED) is 0.704. The first-order valence-corrected chi connectivity index (χ1v) is 9.71. The molecule has 6 nitrogen and oxygen atoms in total. The summed E-state index contributed by atoms with van der Waals surface area (Å²) in [6.45, 7) is 8.88. The minimum Gasteiger partial charge on any atom is -0.423 e. The molecule has 26 heavy (non-hydrogen) atoms. The molecule has 0 bridgehead atoms. The van der Waals surface area contributed by atoms with Crippen molar-refractivity contribution < 1.29 is 9.21 Å². The van der Waals surface area contributed by atoms with E-state index in [1.165, 1.54) is 11.3 Å². The van der Waals surface area contributed by atoms with Crippen molar-refractivity contribution in [3.05, 3.63) is 39.8 Å². The molecule has 0 spiro atoms. The number of carbonyl (C=O) groups is 1. The summed E-state index contributed by atoms with van der Waals surface area (Å²) in [5.74, 6) is 0.431. The highest BCUT2D eigenvalue weighted by molar-refractivity contribution is 7.13. The van der Waals surface area contributed by atoms with Crippen molar-refractivity contribution in [1.29, 1.82) is 0 Å². The lowest BCUT2D eigenvalue weighted by Crippen LogP contribution is -2.48. The Balaban J connectivity index is 1.45. The summed E-state index contributed by atoms with van der Waals surface area (Å²) >= 11 is 1.52. The van der Waals surface area contributed by atoms with E-state index >= 15 is 0 Å². The summed E-state index contributed by atoms with van der Waals surface area (Å²) < 4.78 is 5.84. The Hall–Kier alpha value is -2.41. The number of nitrogens with zero attached hydrogens (tertiary/aromatic N) is 4. The molecule has 1 amide bonds. The molecule has 136 valence electrons. The fourth-order valence-electron chi connectivity index (χ4n) is 3.10. The maximum absolute atomic E-state index is 12.9. The number of thiazole rings is 1. The second-order valence-electron chi connectivity index (χ2n) is 6.86. The van der Waals surface area contributed by atoms with E-state index in [4.69, 9.17) is 4.42 Å². The van der Waals surface area contributed by atoms with E-state index in [0.29, 0.717) is 38.1 Å². The number of hydrogen-bond acceptors (Lipinski definition) is 6. The first-order valence-electron chi connectivity index (χ1n) is 8.90. The van der Waals surface area contributed by atoms with Crippen LogP contribution < -0.4 is 4.90 Å². The third-order valence-corrected chi connectivity index (χ3v) is 6.07. The zero-order valence-corrected chi connectivity index (χ0v) is 16.0. The SMILES string of the molecule is Cc1nc(C(C)C)sc1C(=O)N1CCN(c2nc3ccccc3o2)CC1. The van der Waals surface area contributed by atoms with Gasteiger partial charge in [-0.05, 0) is 19.1 Å². The second-order valence-corrected chi connectivity index (χ2v) is 7.90. The molecule has 1 aromatic carbocycles. The van der Waals surface area contributed by atoms with Crippen LogP contribution in [0.1, 0.15) is 40.1 Å². The maximum atomic E-state index is 12.9. The molecule has 0 N–H and O–H groups in total. The standard InChI is InChI=1S/C19H22N4O2S/c1-12(2)17-20-13(3)16(26-17)18(24)22-8-10-23(11-9-22)19-21-14-6-4-5-7-15(14)25-19/h4-7,12H,8-11H2,1-3H3. The van der Waals surface area contributed by atoms with Crippen LogP contribution in [0.5, 0.6) is 0 Å². The molecule has 0 unspecified atom stereocenters. The monoisotopic (exact) mass is 370 g/mol. The summed E-state index contributed by atoms with van der Waals surface area (Å²) in [5, 5.41) is 1.02. The Morgan fingerprint density at radius 3 is 2.54 bits per heavy atom. The largest absolute Gasteiger partial charge is 0.423 e. The van der Waals surface area contributed by atoms with E-state index in [0.717, 1.165) is 26.7 Å². The van der Waals surface area contributed by atoms with E-state index < -0.39 is 0 Å². The Labute approximate surface area is 156 Å². The van der Waals surface area contributed by atoms with E-state index in [1.54, 1.807) is 0 Å². The fraction of sp³-hybridized carbons (Fsp3) is 0.421. The van der Waals surface area contributed by atoms with Crippen LogP contribution in [0.25, 0.3) is 11.1 Å². The van der Waals surface area contributed by atoms with Gasteiger partial charge in [0.15, 0.2) is 5.58 Å². The molecular formula is C19H22N4O2S. The Bertz CT molecular complexity index is 905. The topological polar surface area (TPSA) is 62.5 Å². The molecule has 0 radical (unpaired) electrons. The second kappa shape index (κ2) is 6.72. The van der Waals surface area contributed by atoms with Gasteiger partial charge in [-0.1, -0.05) is 26.0 Å². The molecule has 7 heteroatoms. The van der Waals surface area contributed by atoms with Crippen LogP contribution in [-0.4, -0.2) is 47.0 Å². The third kappa shape index (κ3) is 3.07. The van der Waals surface area contributed by atoms with Gasteiger partial charge in [-0.2, -0.15) is 4.98 Å². The van der Waals surface area contributed by atoms with Gasteiger partial charge in [-0.15, -0.1) is 11.3 Å². The molecule has 1 aliphatic rings. The van der Waals surface area contributed by atoms with Crippen molar-refractivity contribution >= 4 is 34.4 Å². The Kier molecular flexibility index (Phi) is 4.40. The molecular weight excluding hydrogens is 348 g/mol. The summed E-state index contributed by atoms with van der Waals surface area (Å²) in [7, 11) is 0. The van der Waals surface area contributed by atoms with Crippen molar-refractivity contribution in [3.8, 4) is 0 Å². The zero-order chi connectivity index (χ0) is 18.3. The van der Waals surface area contributed by atoms with Crippen LogP contribution in [0.4, 0.5) is 6.01 Å². The number of fused-ring (bicyclic) bond motifs is 1. The number of amides is 1. The molecule has 0 atom stereocenters. The predicted octanol–water partition coefficient (Wildman–Crippen LogP) is 3.68. The average Bonchev–Trinajstić information content (AvgIpc) is 3.25. The van der Waals surface area contributed by atoms with Crippen LogP contribution in [0.15, 0.2) is 28.7 Å². The van der Waals surface area contributed by atoms with Crippen LogP contribution in [0, 0.1) is 6.92 Å². The van der Waals surface area contributed by atoms with Crippen LogP contribution >= 0.6 is 11.3 Å². The van der Waals surface area contributed by atoms with Gasteiger partial charge >= 0.3 is 0 Å². The maximum Gasteiger partial charge on any atom is 0.298 e. The number of carbonyl (C=O) groups excluding carboxylic acids is 1. The van der Waals surface area contributed by atoms with E-state index in [9.17, 15) is 4.79 Å². The summed E-state index contributed by atoms with van der Waals surface area (Å²) in [4.78, 5) is 26.8. The Morgan fingerprint density at radius 1 is 1.15 bits per heavy atom. The summed E-state index contributed by atoms with van der Waals surface area (Å²) in [6, 6.07) is 8.39. The zero-order valence-electron chi connectivity index (χ0n) is 15.2. The van der Waals surface area contributed by atoms with Crippen molar-refractivity contribution in [3.63, 3.8) is 0 Å². The van der Waals surface area contributed by atoms with Crippen LogP contribution in [-0.2, 0) is 0 Å². The number of piperazine rings is 1. The number of anilines is 1. The minimum absolute atomic E-state index is 0.0871. The lowest BCUT2D eigenvalue weighted by atomic mass is 10.2. The van der Waals surface area contributed by atoms with E-state index in [1.807, 2.05) is 36.1 Å². The van der Waals surface area contributed by atoms with Crippen molar-refractivity contribution in [2.24, 2.45) is 0 Å². The number of aromatic nitrogens is 2. The Morgan fingerprint density at radius 2 is 1.88 bits per heavy atom. The number of hydrogen-bond donors (Lipinski definition) is 0. The summed E-state index contributed by atoms with van der Waals surface area (Å²) in [5.41, 5.74) is 2.50. The fourth-order valence-corrected chi connectivity index (χ4v) is 4.14. The van der Waals surface area contributed by atoms with Crippen molar-refractivity contribution in [2.75, 3.05) is 31.1 Å². The first-order chi connectivity index (χ1) is 12.5. The molecule has 0 saturated carbocycles. The van der Waals surface area contributed by atoms with Gasteiger partial charge in [0.05, 0.1) is 10.7 Å². The molecule has 1 aliphatic heterocycles. The van der Waals surface area contributed by atoms with E-state index in [2.05, 4.69) is 28.7 Å². The molecule has 3 aromatic rings. The van der Waals surface area contributed by atoms with Gasteiger partial charge in [0.1, 0.15) is 10.4 Å². The number of para-hydroxylation sites is 2. The number of oxazole rings is 1. The highest BCUT2D eigenvalue weighted by Crippen LogP contribution is 2.27. The van der Waals surface area contributed by atoms with Crippen LogP contribution in [0.3, 0.4) is 0 Å². The smallest absolute Gasteiger partial charge is 0.298 e. The lowest BCUT2D eigenvalue weighted by molar-refractivity contribution is 0.0749. The highest BCUT2D eigenvalue weighted by atomic mass is 32.1. The van der Waals surface area contributed by atoms with E-state index in [-0.39, 0.29) is 5.91 Å². The van der Waals surface area contributed by atoms with Gasteiger partial charge < -0.3 is 14.2 Å². The molecule has 1 saturated heterocycles. The summed E-state index contributed by atoms with van der Waals surface area (Å²) in [6.07, 6.45) is 0. The highest BCUT2D eigenvalue weighted by Gasteiger charge is 2.27.